The van der Waals surface area contributed by atoms with Gasteiger partial charge in [0.05, 0.1) is 17.8 Å². The Morgan fingerprint density at radius 3 is 2.76 bits per heavy atom. The van der Waals surface area contributed by atoms with E-state index in [0.717, 1.165) is 5.69 Å². The number of phenolic OH excluding ortho intramolecular Hbond substituents is 1. The van der Waals surface area contributed by atoms with Crippen molar-refractivity contribution in [2.75, 3.05) is 5.32 Å². The van der Waals surface area contributed by atoms with Crippen molar-refractivity contribution in [3.05, 3.63) is 41.5 Å². The zero-order valence-electron chi connectivity index (χ0n) is 13.3. The second-order valence-corrected chi connectivity index (χ2v) is 5.52. The van der Waals surface area contributed by atoms with Crippen LogP contribution in [0.1, 0.15) is 25.6 Å². The molecule has 0 aliphatic heterocycles. The molecule has 0 bridgehead atoms. The summed E-state index contributed by atoms with van der Waals surface area (Å²) < 4.78 is 47.0. The monoisotopic (exact) mass is 353 g/mol. The smallest absolute Gasteiger partial charge is 0.264 e. The van der Waals surface area contributed by atoms with Gasteiger partial charge in [0, 0.05) is 12.2 Å². The third-order valence-electron chi connectivity index (χ3n) is 3.46. The van der Waals surface area contributed by atoms with Crippen LogP contribution in [0, 0.1) is 17.5 Å². The van der Waals surface area contributed by atoms with E-state index >= 15 is 0 Å². The van der Waals surface area contributed by atoms with Crippen LogP contribution in [-0.2, 0) is 6.54 Å². The highest BCUT2D eigenvalue weighted by Crippen LogP contribution is 2.32. The third kappa shape index (κ3) is 3.14. The lowest BCUT2D eigenvalue weighted by Crippen LogP contribution is -2.11. The average molecular weight is 353 g/mol. The number of nitrogens with zero attached hydrogens (tertiary/aromatic N) is 4. The van der Waals surface area contributed by atoms with Crippen LogP contribution < -0.4 is 5.32 Å². The summed E-state index contributed by atoms with van der Waals surface area (Å²) in [4.78, 5) is 3.87. The normalized spacial score (nSPS) is 11.3. The highest BCUT2D eigenvalue weighted by molar-refractivity contribution is 5.58. The minimum atomic E-state index is -1.68. The fourth-order valence-corrected chi connectivity index (χ4v) is 2.27. The van der Waals surface area contributed by atoms with Crippen molar-refractivity contribution in [3.63, 3.8) is 0 Å². The summed E-state index contributed by atoms with van der Waals surface area (Å²) in [5.74, 6) is -6.30. The molecule has 10 heteroatoms. The summed E-state index contributed by atoms with van der Waals surface area (Å²) in [7, 11) is 0. The summed E-state index contributed by atoms with van der Waals surface area (Å²) in [5.41, 5.74) is 0.321. The molecule has 1 aromatic carbocycles. The summed E-state index contributed by atoms with van der Waals surface area (Å²) in [6.45, 7) is 4.27. The van der Waals surface area contributed by atoms with Gasteiger partial charge in [0.25, 0.3) is 11.8 Å². The first-order valence-corrected chi connectivity index (χ1v) is 7.35. The van der Waals surface area contributed by atoms with Crippen molar-refractivity contribution in [2.45, 2.75) is 26.4 Å². The number of anilines is 1. The Bertz CT molecular complexity index is 907. The number of halogens is 3. The lowest BCUT2D eigenvalue weighted by molar-refractivity contribution is 0.374. The molecule has 0 saturated heterocycles. The lowest BCUT2D eigenvalue weighted by atomic mass is 10.2. The summed E-state index contributed by atoms with van der Waals surface area (Å²) in [5, 5.41) is 19.9. The van der Waals surface area contributed by atoms with E-state index in [2.05, 4.69) is 20.6 Å². The van der Waals surface area contributed by atoms with Gasteiger partial charge < -0.3 is 14.9 Å². The van der Waals surface area contributed by atoms with Gasteiger partial charge in [-0.05, 0) is 31.1 Å². The molecule has 0 aliphatic rings. The van der Waals surface area contributed by atoms with E-state index in [0.29, 0.717) is 12.6 Å². The molecule has 2 N–H and O–H groups in total. The van der Waals surface area contributed by atoms with Gasteiger partial charge >= 0.3 is 0 Å². The van der Waals surface area contributed by atoms with Crippen molar-refractivity contribution in [1.29, 1.82) is 0 Å². The van der Waals surface area contributed by atoms with Crippen LogP contribution in [0.2, 0.25) is 0 Å². The SMILES string of the molecule is CC(C)n1nccc1CNc1noc(-c2cc(F)c(F)c(O)c2F)n1. The van der Waals surface area contributed by atoms with Crippen molar-refractivity contribution >= 4 is 5.95 Å². The summed E-state index contributed by atoms with van der Waals surface area (Å²) in [6, 6.07) is 2.50. The highest BCUT2D eigenvalue weighted by Gasteiger charge is 2.23. The molecule has 2 heterocycles. The maximum Gasteiger partial charge on any atom is 0.264 e. The Labute approximate surface area is 140 Å². The molecule has 0 radical (unpaired) electrons. The van der Waals surface area contributed by atoms with Crippen LogP contribution in [0.3, 0.4) is 0 Å². The predicted octanol–water partition coefficient (Wildman–Crippen LogP) is 3.25. The van der Waals surface area contributed by atoms with Crippen molar-refractivity contribution < 1.29 is 22.8 Å². The van der Waals surface area contributed by atoms with Gasteiger partial charge in [0.15, 0.2) is 17.4 Å². The van der Waals surface area contributed by atoms with Crippen LogP contribution >= 0.6 is 0 Å². The molecule has 0 spiro atoms. The van der Waals surface area contributed by atoms with E-state index in [1.807, 2.05) is 13.8 Å². The molecule has 0 fully saturated rings. The number of phenols is 1. The number of aromatic hydroxyl groups is 1. The zero-order valence-corrected chi connectivity index (χ0v) is 13.3. The van der Waals surface area contributed by atoms with Crippen molar-refractivity contribution in [1.82, 2.24) is 19.9 Å². The van der Waals surface area contributed by atoms with E-state index < -0.39 is 34.7 Å². The molecule has 0 aliphatic carbocycles. The van der Waals surface area contributed by atoms with E-state index in [-0.39, 0.29) is 12.0 Å². The minimum absolute atomic E-state index is 0.0233. The highest BCUT2D eigenvalue weighted by atomic mass is 19.2. The van der Waals surface area contributed by atoms with E-state index in [4.69, 9.17) is 4.52 Å². The van der Waals surface area contributed by atoms with E-state index in [1.165, 1.54) is 0 Å². The molecule has 3 rings (SSSR count). The molecule has 0 unspecified atom stereocenters. The largest absolute Gasteiger partial charge is 0.503 e. The van der Waals surface area contributed by atoms with Crippen molar-refractivity contribution in [2.24, 2.45) is 0 Å². The molecular formula is C15H14F3N5O2. The maximum atomic E-state index is 13.9. The van der Waals surface area contributed by atoms with Crippen LogP contribution in [0.25, 0.3) is 11.5 Å². The molecule has 3 aromatic rings. The Kier molecular flexibility index (Phi) is 4.34. The molecule has 0 saturated carbocycles. The number of benzene rings is 1. The molecule has 132 valence electrons. The van der Waals surface area contributed by atoms with Crippen LogP contribution in [0.15, 0.2) is 22.9 Å². The predicted molar refractivity (Wildman–Crippen MR) is 81.2 cm³/mol. The first-order chi connectivity index (χ1) is 11.9. The number of rotatable bonds is 5. The Morgan fingerprint density at radius 2 is 2.04 bits per heavy atom. The van der Waals surface area contributed by atoms with Gasteiger partial charge in [-0.15, -0.1) is 0 Å². The van der Waals surface area contributed by atoms with Gasteiger partial charge in [0.2, 0.25) is 5.82 Å². The Morgan fingerprint density at radius 1 is 1.28 bits per heavy atom. The van der Waals surface area contributed by atoms with E-state index in [9.17, 15) is 18.3 Å². The second kappa shape index (κ2) is 6.46. The Hall–Kier alpha value is -3.04. The number of hydrogen-bond donors (Lipinski definition) is 2. The molecular weight excluding hydrogens is 339 g/mol. The third-order valence-corrected chi connectivity index (χ3v) is 3.46. The second-order valence-electron chi connectivity index (χ2n) is 5.52. The molecule has 0 atom stereocenters. The van der Waals surface area contributed by atoms with Crippen LogP contribution in [0.4, 0.5) is 19.1 Å². The van der Waals surface area contributed by atoms with Crippen molar-refractivity contribution in [3.8, 4) is 17.2 Å². The van der Waals surface area contributed by atoms with Gasteiger partial charge in [0.1, 0.15) is 0 Å². The number of nitrogens with one attached hydrogen (secondary N) is 1. The zero-order chi connectivity index (χ0) is 18.1. The van der Waals surface area contributed by atoms with Crippen LogP contribution in [0.5, 0.6) is 5.75 Å². The van der Waals surface area contributed by atoms with Gasteiger partial charge in [-0.3, -0.25) is 4.68 Å². The van der Waals surface area contributed by atoms with Gasteiger partial charge in [-0.2, -0.15) is 14.5 Å². The topological polar surface area (TPSA) is 89.0 Å². The number of hydrogen-bond acceptors (Lipinski definition) is 6. The Balaban J connectivity index is 1.81. The fourth-order valence-electron chi connectivity index (χ4n) is 2.27. The standard InChI is InChI=1S/C15H14F3N5O2/c1-7(2)23-8(3-4-20-23)6-19-15-21-14(25-22-15)9-5-10(16)12(18)13(24)11(9)17/h3-5,7,24H,6H2,1-2H3,(H,19,22). The molecule has 0 amide bonds. The quantitative estimate of drug-likeness (QED) is 0.685. The summed E-state index contributed by atoms with van der Waals surface area (Å²) in [6.07, 6.45) is 1.65. The lowest BCUT2D eigenvalue weighted by Gasteiger charge is -2.10. The maximum absolute atomic E-state index is 13.9. The molecule has 7 nitrogen and oxygen atoms in total. The molecule has 2 aromatic heterocycles. The summed E-state index contributed by atoms with van der Waals surface area (Å²) >= 11 is 0. The first-order valence-electron chi connectivity index (χ1n) is 7.35. The fraction of sp³-hybridized carbons (Fsp3) is 0.267. The van der Waals surface area contributed by atoms with Gasteiger partial charge in [-0.1, -0.05) is 0 Å². The van der Waals surface area contributed by atoms with Crippen LogP contribution in [-0.4, -0.2) is 25.0 Å². The number of aromatic nitrogens is 4. The molecule has 25 heavy (non-hydrogen) atoms. The average Bonchev–Trinajstić information content (AvgIpc) is 3.23. The van der Waals surface area contributed by atoms with Gasteiger partial charge in [-0.25, -0.2) is 8.78 Å². The van der Waals surface area contributed by atoms with E-state index in [1.54, 1.807) is 16.9 Å². The first kappa shape index (κ1) is 16.8. The minimum Gasteiger partial charge on any atom is -0.503 e.